The van der Waals surface area contributed by atoms with Crippen molar-refractivity contribution in [2.24, 2.45) is 0 Å². The number of nitrogens with one attached hydrogen (secondary N) is 2. The first-order valence-corrected chi connectivity index (χ1v) is 9.63. The fourth-order valence-corrected chi connectivity index (χ4v) is 3.66. The number of halogens is 1. The Labute approximate surface area is 173 Å². The van der Waals surface area contributed by atoms with Crippen LogP contribution in [0.1, 0.15) is 39.9 Å². The molecular formula is C22H24FN3O4. The summed E-state index contributed by atoms with van der Waals surface area (Å²) < 4.78 is 14.3. The smallest absolute Gasteiger partial charge is 0.273 e. The Hall–Kier alpha value is -3.26. The number of fused-ring (bicyclic) bond motifs is 1. The van der Waals surface area contributed by atoms with Gasteiger partial charge in [0.05, 0.1) is 6.54 Å². The summed E-state index contributed by atoms with van der Waals surface area (Å²) in [6.07, 6.45) is 0.292. The van der Waals surface area contributed by atoms with E-state index in [1.165, 1.54) is 7.05 Å². The van der Waals surface area contributed by atoms with E-state index in [9.17, 15) is 23.9 Å². The number of nitrogens with zero attached hydrogens (tertiary/aromatic N) is 1. The summed E-state index contributed by atoms with van der Waals surface area (Å²) >= 11 is 0. The van der Waals surface area contributed by atoms with E-state index in [2.05, 4.69) is 10.6 Å². The molecule has 0 aliphatic carbocycles. The van der Waals surface area contributed by atoms with Crippen molar-refractivity contribution in [1.82, 2.24) is 10.2 Å². The van der Waals surface area contributed by atoms with Gasteiger partial charge in [0.1, 0.15) is 12.1 Å². The van der Waals surface area contributed by atoms with Gasteiger partial charge >= 0.3 is 0 Å². The molecule has 0 bridgehead atoms. The number of amides is 2. The lowest BCUT2D eigenvalue weighted by atomic mass is 10.0. The molecule has 3 rings (SSSR count). The maximum atomic E-state index is 14.3. The highest BCUT2D eigenvalue weighted by atomic mass is 19.1. The summed E-state index contributed by atoms with van der Waals surface area (Å²) in [6, 6.07) is 10.2. The lowest BCUT2D eigenvalue weighted by molar-refractivity contribution is -0.159. The molecule has 30 heavy (non-hydrogen) atoms. The molecule has 2 amide bonds. The van der Waals surface area contributed by atoms with Crippen molar-refractivity contribution in [2.75, 3.05) is 12.4 Å². The normalized spacial score (nSPS) is 14.8. The minimum atomic E-state index is -2.15. The van der Waals surface area contributed by atoms with E-state index in [4.69, 9.17) is 0 Å². The first kappa shape index (κ1) is 21.4. The van der Waals surface area contributed by atoms with E-state index >= 15 is 0 Å². The molecule has 2 aromatic carbocycles. The van der Waals surface area contributed by atoms with Crippen LogP contribution in [0.5, 0.6) is 0 Å². The zero-order valence-corrected chi connectivity index (χ0v) is 16.9. The fraction of sp³-hybridized carbons (Fsp3) is 0.318. The Balaban J connectivity index is 1.88. The molecule has 8 heteroatoms. The maximum absolute atomic E-state index is 14.3. The molecule has 1 atom stereocenters. The van der Waals surface area contributed by atoms with Crippen LogP contribution in [-0.2, 0) is 22.7 Å². The zero-order chi connectivity index (χ0) is 21.9. The van der Waals surface area contributed by atoms with Gasteiger partial charge in [-0.2, -0.15) is 0 Å². The van der Waals surface area contributed by atoms with Crippen LogP contribution in [0.3, 0.4) is 0 Å². The van der Waals surface area contributed by atoms with Gasteiger partial charge < -0.3 is 20.5 Å². The van der Waals surface area contributed by atoms with Crippen LogP contribution >= 0.6 is 0 Å². The van der Waals surface area contributed by atoms with E-state index < -0.39 is 17.5 Å². The van der Waals surface area contributed by atoms with Crippen LogP contribution < -0.4 is 10.6 Å². The zero-order valence-electron chi connectivity index (χ0n) is 16.9. The summed E-state index contributed by atoms with van der Waals surface area (Å²) in [4.78, 5) is 37.2. The second-order valence-electron chi connectivity index (χ2n) is 7.23. The number of aldehydes is 1. The summed E-state index contributed by atoms with van der Waals surface area (Å²) in [7, 11) is 1.35. The minimum Gasteiger partial charge on any atom is -0.381 e. The van der Waals surface area contributed by atoms with Gasteiger partial charge in [-0.15, -0.1) is 0 Å². The third kappa shape index (κ3) is 3.78. The Kier molecular flexibility index (Phi) is 6.17. The van der Waals surface area contributed by atoms with Gasteiger partial charge in [0.25, 0.3) is 11.8 Å². The van der Waals surface area contributed by atoms with Crippen molar-refractivity contribution in [3.8, 4) is 0 Å². The van der Waals surface area contributed by atoms with Crippen LogP contribution in [0, 0.1) is 12.7 Å². The first-order valence-electron chi connectivity index (χ1n) is 9.63. The molecule has 0 aromatic heterocycles. The summed E-state index contributed by atoms with van der Waals surface area (Å²) in [5.41, 5.74) is 0.438. The molecule has 0 saturated heterocycles. The number of aryl methyl sites for hydroxylation is 1. The standard InChI is InChI=1S/C22H24FN3O4/c1-14-6-3-7-15(19(14)23)12-25-18-9-4-8-16-17(18)13-26(20(16)28)22(30,10-5-11-27)21(29)24-2/h3-4,6-9,11,25,30H,5,10,12-13H2,1-2H3,(H,24,29). The van der Waals surface area contributed by atoms with Gasteiger partial charge in [-0.25, -0.2) is 4.39 Å². The Morgan fingerprint density at radius 3 is 2.73 bits per heavy atom. The number of rotatable bonds is 8. The van der Waals surface area contributed by atoms with Crippen molar-refractivity contribution < 1.29 is 23.9 Å². The van der Waals surface area contributed by atoms with E-state index in [1.54, 1.807) is 43.3 Å². The number of hydrogen-bond acceptors (Lipinski definition) is 5. The summed E-state index contributed by atoms with van der Waals surface area (Å²) in [5.74, 6) is -1.56. The Morgan fingerprint density at radius 1 is 1.30 bits per heavy atom. The summed E-state index contributed by atoms with van der Waals surface area (Å²) in [5, 5.41) is 16.5. The Bertz CT molecular complexity index is 994. The molecule has 1 unspecified atom stereocenters. The van der Waals surface area contributed by atoms with Crippen molar-refractivity contribution in [1.29, 1.82) is 0 Å². The number of anilines is 1. The average molecular weight is 413 g/mol. The maximum Gasteiger partial charge on any atom is 0.273 e. The van der Waals surface area contributed by atoms with Crippen LogP contribution in [0.2, 0.25) is 0 Å². The number of carbonyl (C=O) groups excluding carboxylic acids is 3. The largest absolute Gasteiger partial charge is 0.381 e. The molecule has 1 aliphatic heterocycles. The van der Waals surface area contributed by atoms with E-state index in [0.717, 1.165) is 4.90 Å². The predicted octanol–water partition coefficient (Wildman–Crippen LogP) is 2.12. The van der Waals surface area contributed by atoms with Gasteiger partial charge in [-0.1, -0.05) is 24.3 Å². The van der Waals surface area contributed by atoms with E-state index in [1.807, 2.05) is 0 Å². The Morgan fingerprint density at radius 2 is 2.03 bits per heavy atom. The lowest BCUT2D eigenvalue weighted by Crippen LogP contribution is -2.58. The fourth-order valence-electron chi connectivity index (χ4n) is 3.66. The molecule has 0 radical (unpaired) electrons. The molecule has 158 valence electrons. The minimum absolute atomic E-state index is 0.0174. The van der Waals surface area contributed by atoms with E-state index in [0.29, 0.717) is 34.2 Å². The van der Waals surface area contributed by atoms with Crippen molar-refractivity contribution in [3.05, 3.63) is 64.5 Å². The molecule has 7 nitrogen and oxygen atoms in total. The van der Waals surface area contributed by atoms with Crippen LogP contribution in [0.15, 0.2) is 36.4 Å². The van der Waals surface area contributed by atoms with Gasteiger partial charge in [0, 0.05) is 48.8 Å². The first-order chi connectivity index (χ1) is 14.3. The predicted molar refractivity (Wildman–Crippen MR) is 109 cm³/mol. The monoisotopic (exact) mass is 413 g/mol. The van der Waals surface area contributed by atoms with Crippen molar-refractivity contribution in [2.45, 2.75) is 38.6 Å². The van der Waals surface area contributed by atoms with Gasteiger partial charge in [0.15, 0.2) is 0 Å². The molecule has 0 fully saturated rings. The number of carbonyl (C=O) groups is 3. The molecule has 1 heterocycles. The molecule has 1 aliphatic rings. The highest BCUT2D eigenvalue weighted by Gasteiger charge is 2.47. The van der Waals surface area contributed by atoms with Gasteiger partial charge in [-0.05, 0) is 24.6 Å². The van der Waals surface area contributed by atoms with Gasteiger partial charge in [0.2, 0.25) is 5.72 Å². The van der Waals surface area contributed by atoms with E-state index in [-0.39, 0.29) is 31.7 Å². The van der Waals surface area contributed by atoms with Crippen LogP contribution in [-0.4, -0.2) is 40.9 Å². The quantitative estimate of drug-likeness (QED) is 0.576. The highest BCUT2D eigenvalue weighted by Crippen LogP contribution is 2.35. The molecule has 3 N–H and O–H groups in total. The van der Waals surface area contributed by atoms with Crippen molar-refractivity contribution >= 4 is 23.8 Å². The number of benzene rings is 2. The van der Waals surface area contributed by atoms with Crippen LogP contribution in [0.4, 0.5) is 10.1 Å². The highest BCUT2D eigenvalue weighted by molar-refractivity contribution is 6.03. The topological polar surface area (TPSA) is 98.7 Å². The van der Waals surface area contributed by atoms with Crippen molar-refractivity contribution in [3.63, 3.8) is 0 Å². The SMILES string of the molecule is CNC(=O)C(O)(CCC=O)N1Cc2c(NCc3cccc(C)c3F)cccc2C1=O. The molecule has 0 spiro atoms. The summed E-state index contributed by atoms with van der Waals surface area (Å²) in [6.45, 7) is 1.88. The molecular weight excluding hydrogens is 389 g/mol. The lowest BCUT2D eigenvalue weighted by Gasteiger charge is -2.35. The number of likely N-dealkylation sites (N-methyl/N-ethyl adjacent to an activating group) is 1. The average Bonchev–Trinajstić information content (AvgIpc) is 3.10. The third-order valence-electron chi connectivity index (χ3n) is 5.36. The number of aliphatic hydroxyl groups is 1. The second-order valence-corrected chi connectivity index (χ2v) is 7.23. The third-order valence-corrected chi connectivity index (χ3v) is 5.36. The van der Waals surface area contributed by atoms with Gasteiger partial charge in [-0.3, -0.25) is 14.5 Å². The molecule has 0 saturated carbocycles. The number of hydrogen-bond donors (Lipinski definition) is 3. The molecule has 2 aromatic rings. The van der Waals surface area contributed by atoms with Crippen LogP contribution in [0.25, 0.3) is 0 Å². The second kappa shape index (κ2) is 8.62.